The lowest BCUT2D eigenvalue weighted by atomic mass is 10.1. The quantitative estimate of drug-likeness (QED) is 0.624. The average molecular weight is 243 g/mol. The Hall–Kier alpha value is -0.160. The zero-order chi connectivity index (χ0) is 12.5. The highest BCUT2D eigenvalue weighted by Gasteiger charge is 2.16. The van der Waals surface area contributed by atoms with Gasteiger partial charge in [0.1, 0.15) is 0 Å². The van der Waals surface area contributed by atoms with Crippen LogP contribution in [0.4, 0.5) is 0 Å². The Balaban J connectivity index is 1.97. The number of nitrogens with one attached hydrogen (secondary N) is 2. The van der Waals surface area contributed by atoms with E-state index in [2.05, 4.69) is 29.5 Å². The van der Waals surface area contributed by atoms with E-state index in [4.69, 9.17) is 4.74 Å². The number of ether oxygens (including phenoxy) is 1. The van der Waals surface area contributed by atoms with Crippen LogP contribution in [0.3, 0.4) is 0 Å². The maximum atomic E-state index is 5.06. The standard InChI is InChI=1S/C13H29N3O/c1-12(11-13-5-4-6-15-13)14-7-8-16(2)9-10-17-3/h12-15H,4-11H2,1-3H3. The molecule has 17 heavy (non-hydrogen) atoms. The van der Waals surface area contributed by atoms with Crippen LogP contribution in [-0.4, -0.2) is 63.9 Å². The van der Waals surface area contributed by atoms with Crippen LogP contribution >= 0.6 is 0 Å². The smallest absolute Gasteiger partial charge is 0.0589 e. The van der Waals surface area contributed by atoms with Gasteiger partial charge in [0.2, 0.25) is 0 Å². The highest BCUT2D eigenvalue weighted by atomic mass is 16.5. The molecule has 1 fully saturated rings. The van der Waals surface area contributed by atoms with Gasteiger partial charge < -0.3 is 20.3 Å². The average Bonchev–Trinajstić information content (AvgIpc) is 2.79. The summed E-state index contributed by atoms with van der Waals surface area (Å²) in [7, 11) is 3.90. The Morgan fingerprint density at radius 3 is 2.94 bits per heavy atom. The first-order valence-corrected chi connectivity index (χ1v) is 6.86. The molecule has 4 nitrogen and oxygen atoms in total. The van der Waals surface area contributed by atoms with E-state index in [1.165, 1.54) is 25.8 Å². The van der Waals surface area contributed by atoms with Gasteiger partial charge in [0.15, 0.2) is 0 Å². The lowest BCUT2D eigenvalue weighted by molar-refractivity contribution is 0.161. The monoisotopic (exact) mass is 243 g/mol. The first-order valence-electron chi connectivity index (χ1n) is 6.86. The fourth-order valence-corrected chi connectivity index (χ4v) is 2.33. The molecule has 1 aliphatic heterocycles. The van der Waals surface area contributed by atoms with Gasteiger partial charge in [-0.2, -0.15) is 0 Å². The summed E-state index contributed by atoms with van der Waals surface area (Å²) in [6.07, 6.45) is 3.94. The minimum atomic E-state index is 0.612. The van der Waals surface area contributed by atoms with Crippen molar-refractivity contribution in [3.63, 3.8) is 0 Å². The first kappa shape index (κ1) is 14.9. The maximum Gasteiger partial charge on any atom is 0.0589 e. The molecule has 0 radical (unpaired) electrons. The second-order valence-electron chi connectivity index (χ2n) is 5.18. The zero-order valence-electron chi connectivity index (χ0n) is 11.7. The molecule has 2 N–H and O–H groups in total. The van der Waals surface area contributed by atoms with Crippen molar-refractivity contribution in [3.05, 3.63) is 0 Å². The Bertz CT molecular complexity index is 184. The van der Waals surface area contributed by atoms with Crippen LogP contribution in [0.5, 0.6) is 0 Å². The maximum absolute atomic E-state index is 5.06. The van der Waals surface area contributed by atoms with Crippen LogP contribution in [0.25, 0.3) is 0 Å². The van der Waals surface area contributed by atoms with Gasteiger partial charge in [-0.15, -0.1) is 0 Å². The molecule has 0 aromatic carbocycles. The van der Waals surface area contributed by atoms with Crippen molar-refractivity contribution in [2.45, 2.75) is 38.3 Å². The molecule has 1 heterocycles. The van der Waals surface area contributed by atoms with Gasteiger partial charge in [0, 0.05) is 38.8 Å². The molecule has 0 bridgehead atoms. The lowest BCUT2D eigenvalue weighted by Gasteiger charge is -2.21. The molecule has 1 aliphatic rings. The number of hydrogen-bond acceptors (Lipinski definition) is 4. The molecule has 2 atom stereocenters. The molecule has 0 amide bonds. The van der Waals surface area contributed by atoms with Crippen molar-refractivity contribution in [3.8, 4) is 0 Å². The number of likely N-dealkylation sites (N-methyl/N-ethyl adjacent to an activating group) is 1. The SMILES string of the molecule is COCCN(C)CCNC(C)CC1CCCN1. The van der Waals surface area contributed by atoms with Crippen LogP contribution in [0, 0.1) is 0 Å². The Morgan fingerprint density at radius 1 is 1.47 bits per heavy atom. The normalized spacial score (nSPS) is 22.2. The summed E-state index contributed by atoms with van der Waals surface area (Å²) in [4.78, 5) is 2.30. The molecule has 1 rings (SSSR count). The van der Waals surface area contributed by atoms with E-state index in [1.54, 1.807) is 7.11 Å². The van der Waals surface area contributed by atoms with Crippen molar-refractivity contribution < 1.29 is 4.74 Å². The molecular formula is C13H29N3O. The summed E-state index contributed by atoms with van der Waals surface area (Å²) >= 11 is 0. The van der Waals surface area contributed by atoms with Crippen molar-refractivity contribution in [2.75, 3.05) is 46.9 Å². The van der Waals surface area contributed by atoms with E-state index < -0.39 is 0 Å². The topological polar surface area (TPSA) is 36.5 Å². The van der Waals surface area contributed by atoms with Crippen LogP contribution < -0.4 is 10.6 Å². The van der Waals surface area contributed by atoms with E-state index in [1.807, 2.05) is 0 Å². The molecule has 4 heteroatoms. The third kappa shape index (κ3) is 6.99. The molecule has 0 aromatic rings. The van der Waals surface area contributed by atoms with Crippen molar-refractivity contribution in [1.29, 1.82) is 0 Å². The summed E-state index contributed by atoms with van der Waals surface area (Å²) in [6, 6.07) is 1.35. The van der Waals surface area contributed by atoms with Gasteiger partial charge in [0.25, 0.3) is 0 Å². The number of nitrogens with zero attached hydrogens (tertiary/aromatic N) is 1. The Kier molecular flexibility index (Phi) is 7.77. The molecule has 0 aromatic heterocycles. The number of rotatable bonds is 9. The van der Waals surface area contributed by atoms with Gasteiger partial charge in [0.05, 0.1) is 6.61 Å². The van der Waals surface area contributed by atoms with Gasteiger partial charge in [-0.3, -0.25) is 0 Å². The van der Waals surface area contributed by atoms with E-state index >= 15 is 0 Å². The van der Waals surface area contributed by atoms with Crippen LogP contribution in [0.1, 0.15) is 26.2 Å². The van der Waals surface area contributed by atoms with Gasteiger partial charge in [-0.1, -0.05) is 0 Å². The summed E-state index contributed by atoms with van der Waals surface area (Å²) in [5.74, 6) is 0. The molecule has 0 spiro atoms. The largest absolute Gasteiger partial charge is 0.383 e. The fourth-order valence-electron chi connectivity index (χ4n) is 2.33. The van der Waals surface area contributed by atoms with Crippen LogP contribution in [0.2, 0.25) is 0 Å². The van der Waals surface area contributed by atoms with Crippen molar-refractivity contribution in [1.82, 2.24) is 15.5 Å². The summed E-state index contributed by atoms with van der Waals surface area (Å²) in [5, 5.41) is 7.14. The number of hydrogen-bond donors (Lipinski definition) is 2. The lowest BCUT2D eigenvalue weighted by Crippen LogP contribution is -2.38. The van der Waals surface area contributed by atoms with Crippen molar-refractivity contribution >= 4 is 0 Å². The molecule has 2 unspecified atom stereocenters. The minimum Gasteiger partial charge on any atom is -0.383 e. The predicted octanol–water partition coefficient (Wildman–Crippen LogP) is 0.685. The second-order valence-corrected chi connectivity index (χ2v) is 5.18. The third-order valence-electron chi connectivity index (χ3n) is 3.46. The minimum absolute atomic E-state index is 0.612. The van der Waals surface area contributed by atoms with Crippen LogP contribution in [-0.2, 0) is 4.74 Å². The van der Waals surface area contributed by atoms with E-state index in [0.29, 0.717) is 6.04 Å². The van der Waals surface area contributed by atoms with E-state index in [0.717, 1.165) is 32.3 Å². The molecular weight excluding hydrogens is 214 g/mol. The van der Waals surface area contributed by atoms with E-state index in [9.17, 15) is 0 Å². The Morgan fingerprint density at radius 2 is 2.29 bits per heavy atom. The first-order chi connectivity index (χ1) is 8.22. The molecule has 0 aliphatic carbocycles. The second kappa shape index (κ2) is 8.86. The summed E-state index contributed by atoms with van der Waals surface area (Å²) in [5.41, 5.74) is 0. The highest BCUT2D eigenvalue weighted by molar-refractivity contribution is 4.78. The Labute approximate surface area is 106 Å². The van der Waals surface area contributed by atoms with Gasteiger partial charge in [-0.25, -0.2) is 0 Å². The highest BCUT2D eigenvalue weighted by Crippen LogP contribution is 2.10. The zero-order valence-corrected chi connectivity index (χ0v) is 11.7. The van der Waals surface area contributed by atoms with Crippen molar-refractivity contribution in [2.24, 2.45) is 0 Å². The molecule has 102 valence electrons. The summed E-state index contributed by atoms with van der Waals surface area (Å²) in [6.45, 7) is 7.47. The van der Waals surface area contributed by atoms with Crippen LogP contribution in [0.15, 0.2) is 0 Å². The molecule has 1 saturated heterocycles. The van der Waals surface area contributed by atoms with Gasteiger partial charge in [-0.05, 0) is 39.8 Å². The fraction of sp³-hybridized carbons (Fsp3) is 1.00. The third-order valence-corrected chi connectivity index (χ3v) is 3.46. The predicted molar refractivity (Wildman–Crippen MR) is 72.5 cm³/mol. The number of methoxy groups -OCH3 is 1. The van der Waals surface area contributed by atoms with E-state index in [-0.39, 0.29) is 0 Å². The summed E-state index contributed by atoms with van der Waals surface area (Å²) < 4.78 is 5.06. The molecule has 0 saturated carbocycles. The van der Waals surface area contributed by atoms with Gasteiger partial charge >= 0.3 is 0 Å².